The molecule has 11 heteroatoms. The second-order valence-electron chi connectivity index (χ2n) is 9.58. The van der Waals surface area contributed by atoms with Crippen LogP contribution in [0.2, 0.25) is 0 Å². The first-order chi connectivity index (χ1) is 17.3. The van der Waals surface area contributed by atoms with E-state index in [2.05, 4.69) is 57.9 Å². The second kappa shape index (κ2) is 9.35. The zero-order chi connectivity index (χ0) is 25.6. The first-order valence-corrected chi connectivity index (χ1v) is 12.5. The van der Waals surface area contributed by atoms with Crippen LogP contribution in [0.3, 0.4) is 0 Å². The Balaban J connectivity index is 1.50. The molecule has 0 aliphatic carbocycles. The summed E-state index contributed by atoms with van der Waals surface area (Å²) in [5, 5.41) is 18.2. The molecule has 0 bridgehead atoms. The molecule has 11 nitrogen and oxygen atoms in total. The van der Waals surface area contributed by atoms with Gasteiger partial charge in [0.2, 0.25) is 5.95 Å². The predicted octanol–water partition coefficient (Wildman–Crippen LogP) is 2.29. The Morgan fingerprint density at radius 3 is 2.64 bits per heavy atom. The van der Waals surface area contributed by atoms with E-state index in [1.807, 2.05) is 23.7 Å². The third-order valence-electron chi connectivity index (χ3n) is 7.35. The minimum Gasteiger partial charge on any atom is -0.335 e. The number of rotatable bonds is 6. The van der Waals surface area contributed by atoms with Gasteiger partial charge in [-0.15, -0.1) is 0 Å². The highest BCUT2D eigenvalue weighted by atomic mass is 16.1. The molecule has 188 valence electrons. The normalized spacial score (nSPS) is 19.7. The highest BCUT2D eigenvalue weighted by molar-refractivity contribution is 5.48. The molecule has 1 aliphatic rings. The molecule has 1 aliphatic heterocycles. The van der Waals surface area contributed by atoms with Gasteiger partial charge in [0.15, 0.2) is 5.65 Å². The number of hydrogen-bond acceptors (Lipinski definition) is 8. The third-order valence-corrected chi connectivity index (χ3v) is 7.35. The van der Waals surface area contributed by atoms with E-state index in [9.17, 15) is 4.79 Å². The average molecular weight is 489 g/mol. The molecule has 3 atom stereocenters. The number of nitriles is 1. The van der Waals surface area contributed by atoms with Gasteiger partial charge in [-0.05, 0) is 32.8 Å². The largest absolute Gasteiger partial charge is 0.352 e. The average Bonchev–Trinajstić information content (AvgIpc) is 3.47. The summed E-state index contributed by atoms with van der Waals surface area (Å²) in [6.07, 6.45) is 3.99. The van der Waals surface area contributed by atoms with E-state index in [1.165, 1.54) is 4.57 Å². The maximum absolute atomic E-state index is 12.8. The van der Waals surface area contributed by atoms with Crippen LogP contribution in [0.5, 0.6) is 0 Å². The van der Waals surface area contributed by atoms with Crippen molar-refractivity contribution in [2.75, 3.05) is 18.0 Å². The first-order valence-electron chi connectivity index (χ1n) is 12.5. The molecule has 0 unspecified atom stereocenters. The Kier molecular flexibility index (Phi) is 6.22. The SMILES string of the molecule is CC[C@H]1CN([C@@H](C)c2ccn3nc(C)cc3n2)[C@H](CC)CN1c1nc(=O)n(C)c2cc(CC#N)nn12. The lowest BCUT2D eigenvalue weighted by molar-refractivity contribution is 0.0980. The van der Waals surface area contributed by atoms with Gasteiger partial charge in [-0.2, -0.15) is 25.0 Å². The van der Waals surface area contributed by atoms with Crippen LogP contribution < -0.4 is 10.6 Å². The summed E-state index contributed by atoms with van der Waals surface area (Å²) in [7, 11) is 1.68. The van der Waals surface area contributed by atoms with Crippen LogP contribution in [-0.4, -0.2) is 63.8 Å². The summed E-state index contributed by atoms with van der Waals surface area (Å²) in [5.74, 6) is 0.546. The molecule has 0 radical (unpaired) electrons. The molecule has 0 N–H and O–H groups in total. The quantitative estimate of drug-likeness (QED) is 0.406. The van der Waals surface area contributed by atoms with Crippen LogP contribution in [0.1, 0.15) is 56.7 Å². The van der Waals surface area contributed by atoms with Crippen LogP contribution in [0.4, 0.5) is 5.95 Å². The van der Waals surface area contributed by atoms with Crippen LogP contribution in [0.25, 0.3) is 11.3 Å². The van der Waals surface area contributed by atoms with E-state index < -0.39 is 0 Å². The highest BCUT2D eigenvalue weighted by Crippen LogP contribution is 2.31. The number of nitrogens with zero attached hydrogens (tertiary/aromatic N) is 10. The van der Waals surface area contributed by atoms with Crippen molar-refractivity contribution < 1.29 is 0 Å². The second-order valence-corrected chi connectivity index (χ2v) is 9.58. The molecular formula is C25H32N10O. The molecule has 0 amide bonds. The fraction of sp³-hybridized carbons (Fsp3) is 0.520. The summed E-state index contributed by atoms with van der Waals surface area (Å²) >= 11 is 0. The molecule has 1 saturated heterocycles. The third kappa shape index (κ3) is 4.01. The van der Waals surface area contributed by atoms with Gasteiger partial charge in [-0.1, -0.05) is 13.8 Å². The number of aromatic nitrogens is 7. The van der Waals surface area contributed by atoms with Crippen LogP contribution in [-0.2, 0) is 13.5 Å². The van der Waals surface area contributed by atoms with Crippen molar-refractivity contribution in [1.82, 2.24) is 38.7 Å². The molecule has 5 rings (SSSR count). The van der Waals surface area contributed by atoms with Crippen molar-refractivity contribution >= 4 is 17.2 Å². The summed E-state index contributed by atoms with van der Waals surface area (Å²) in [6.45, 7) is 10.1. The van der Waals surface area contributed by atoms with E-state index in [1.54, 1.807) is 17.6 Å². The Labute approximate surface area is 209 Å². The predicted molar refractivity (Wildman–Crippen MR) is 136 cm³/mol. The van der Waals surface area contributed by atoms with E-state index >= 15 is 0 Å². The lowest BCUT2D eigenvalue weighted by Crippen LogP contribution is -2.59. The first kappa shape index (κ1) is 23.9. The molecule has 4 aromatic heterocycles. The zero-order valence-electron chi connectivity index (χ0n) is 21.5. The Bertz CT molecular complexity index is 1510. The Hall–Kier alpha value is -3.78. The maximum Gasteiger partial charge on any atom is 0.352 e. The fourth-order valence-corrected chi connectivity index (χ4v) is 5.28. The van der Waals surface area contributed by atoms with Gasteiger partial charge < -0.3 is 4.90 Å². The van der Waals surface area contributed by atoms with Crippen molar-refractivity contribution in [2.24, 2.45) is 7.05 Å². The Morgan fingerprint density at radius 1 is 1.14 bits per heavy atom. The summed E-state index contributed by atoms with van der Waals surface area (Å²) in [4.78, 5) is 26.9. The minimum absolute atomic E-state index is 0.120. The molecule has 0 aromatic carbocycles. The van der Waals surface area contributed by atoms with E-state index in [4.69, 9.17) is 10.2 Å². The van der Waals surface area contributed by atoms with Gasteiger partial charge in [0.1, 0.15) is 5.65 Å². The molecule has 0 spiro atoms. The minimum atomic E-state index is -0.326. The Morgan fingerprint density at radius 2 is 1.92 bits per heavy atom. The van der Waals surface area contributed by atoms with Gasteiger partial charge in [-0.3, -0.25) is 9.47 Å². The van der Waals surface area contributed by atoms with E-state index in [-0.39, 0.29) is 30.2 Å². The van der Waals surface area contributed by atoms with Crippen molar-refractivity contribution in [3.05, 3.63) is 52.0 Å². The van der Waals surface area contributed by atoms with Gasteiger partial charge in [0.25, 0.3) is 0 Å². The lowest BCUT2D eigenvalue weighted by Gasteiger charge is -2.48. The number of hydrogen-bond donors (Lipinski definition) is 0. The lowest BCUT2D eigenvalue weighted by atomic mass is 9.99. The zero-order valence-corrected chi connectivity index (χ0v) is 21.5. The molecule has 36 heavy (non-hydrogen) atoms. The van der Waals surface area contributed by atoms with E-state index in [0.717, 1.165) is 43.0 Å². The summed E-state index contributed by atoms with van der Waals surface area (Å²) in [5.41, 5.74) is 3.77. The van der Waals surface area contributed by atoms with Crippen molar-refractivity contribution in [3.8, 4) is 6.07 Å². The number of piperazine rings is 1. The molecule has 5 heterocycles. The van der Waals surface area contributed by atoms with Crippen LogP contribution >= 0.6 is 0 Å². The van der Waals surface area contributed by atoms with Crippen molar-refractivity contribution in [1.29, 1.82) is 5.26 Å². The van der Waals surface area contributed by atoms with Crippen molar-refractivity contribution in [2.45, 2.75) is 65.1 Å². The van der Waals surface area contributed by atoms with Crippen LogP contribution in [0, 0.1) is 18.3 Å². The van der Waals surface area contributed by atoms with E-state index in [0.29, 0.717) is 17.3 Å². The molecule has 1 fully saturated rings. The topological polar surface area (TPSA) is 113 Å². The standard InChI is InChI=1S/C25H32N10O/c1-6-19-15-33(24-28-25(36)31(5)23-13-18(8-10-26)30-35(23)24)20(7-2)14-32(19)17(4)21-9-11-34-22(27-21)12-16(3)29-34/h9,11-13,17,19-20H,6-8,14-15H2,1-5H3/t17-,19+,20-/m0/s1. The summed E-state index contributed by atoms with van der Waals surface area (Å²) in [6, 6.07) is 8.49. The smallest absolute Gasteiger partial charge is 0.335 e. The van der Waals surface area contributed by atoms with Gasteiger partial charge >= 0.3 is 5.69 Å². The molecule has 4 aromatic rings. The van der Waals surface area contributed by atoms with Gasteiger partial charge in [0, 0.05) is 56.6 Å². The fourth-order valence-electron chi connectivity index (χ4n) is 5.28. The highest BCUT2D eigenvalue weighted by Gasteiger charge is 2.37. The number of aryl methyl sites for hydroxylation is 2. The number of fused-ring (bicyclic) bond motifs is 2. The van der Waals surface area contributed by atoms with Crippen molar-refractivity contribution in [3.63, 3.8) is 0 Å². The maximum atomic E-state index is 12.8. The van der Waals surface area contributed by atoms with Crippen LogP contribution in [0.15, 0.2) is 29.2 Å². The monoisotopic (exact) mass is 488 g/mol. The molecular weight excluding hydrogens is 456 g/mol. The van der Waals surface area contributed by atoms with Gasteiger partial charge in [-0.25, -0.2) is 14.3 Å². The molecule has 0 saturated carbocycles. The summed E-state index contributed by atoms with van der Waals surface area (Å²) < 4.78 is 5.01. The number of anilines is 1. The van der Waals surface area contributed by atoms with Gasteiger partial charge in [0.05, 0.1) is 29.6 Å².